The van der Waals surface area contributed by atoms with Crippen LogP contribution in [0.25, 0.3) is 5.69 Å². The maximum Gasteiger partial charge on any atom is 0.257 e. The third-order valence-corrected chi connectivity index (χ3v) is 3.79. The minimum absolute atomic E-state index is 0.0515. The van der Waals surface area contributed by atoms with E-state index in [-0.39, 0.29) is 12.5 Å². The summed E-state index contributed by atoms with van der Waals surface area (Å²) in [5, 5.41) is 15.8. The fraction of sp³-hybridized carbons (Fsp3) is 0.150. The summed E-state index contributed by atoms with van der Waals surface area (Å²) in [6.45, 7) is 0.487. The van der Waals surface area contributed by atoms with Crippen molar-refractivity contribution in [3.05, 3.63) is 78.1 Å². The Morgan fingerprint density at radius 3 is 2.58 bits per heavy atom. The van der Waals surface area contributed by atoms with Crippen molar-refractivity contribution >= 4 is 5.91 Å². The number of ether oxygens (including phenoxy) is 1. The second-order valence-corrected chi connectivity index (χ2v) is 5.64. The molecule has 0 bridgehead atoms. The molecule has 3 aromatic rings. The summed E-state index contributed by atoms with van der Waals surface area (Å²) in [6, 6.07) is 18.6. The zero-order chi connectivity index (χ0) is 18.2. The van der Waals surface area contributed by atoms with Crippen molar-refractivity contribution in [2.75, 3.05) is 13.2 Å². The van der Waals surface area contributed by atoms with Crippen molar-refractivity contribution in [3.8, 4) is 17.5 Å². The van der Waals surface area contributed by atoms with Gasteiger partial charge in [0.2, 0.25) is 0 Å². The van der Waals surface area contributed by atoms with E-state index in [0.29, 0.717) is 17.9 Å². The number of nitrogens with zero attached hydrogens (tertiary/aromatic N) is 3. The second-order valence-electron chi connectivity index (χ2n) is 5.64. The summed E-state index contributed by atoms with van der Waals surface area (Å²) >= 11 is 0. The van der Waals surface area contributed by atoms with E-state index in [4.69, 9.17) is 10.00 Å². The van der Waals surface area contributed by atoms with Gasteiger partial charge in [0.15, 0.2) is 6.61 Å². The van der Waals surface area contributed by atoms with Crippen LogP contribution in [0.3, 0.4) is 0 Å². The molecule has 0 saturated heterocycles. The Morgan fingerprint density at radius 1 is 1.15 bits per heavy atom. The number of carbonyl (C=O) groups is 1. The van der Waals surface area contributed by atoms with Gasteiger partial charge in [-0.05, 0) is 54.4 Å². The molecule has 2 aromatic carbocycles. The van der Waals surface area contributed by atoms with Gasteiger partial charge in [-0.2, -0.15) is 10.4 Å². The lowest BCUT2D eigenvalue weighted by Gasteiger charge is -2.08. The summed E-state index contributed by atoms with van der Waals surface area (Å²) in [5.74, 6) is 0.385. The summed E-state index contributed by atoms with van der Waals surface area (Å²) in [7, 11) is 0. The van der Waals surface area contributed by atoms with Crippen LogP contribution < -0.4 is 10.1 Å². The van der Waals surface area contributed by atoms with Crippen LogP contribution in [-0.4, -0.2) is 28.8 Å². The summed E-state index contributed by atoms with van der Waals surface area (Å²) < 4.78 is 7.19. The molecule has 0 saturated carbocycles. The predicted molar refractivity (Wildman–Crippen MR) is 96.9 cm³/mol. The number of benzene rings is 2. The van der Waals surface area contributed by atoms with Crippen LogP contribution in [0.1, 0.15) is 11.1 Å². The lowest BCUT2D eigenvalue weighted by atomic mass is 10.1. The molecule has 0 atom stereocenters. The molecule has 130 valence electrons. The second kappa shape index (κ2) is 8.49. The van der Waals surface area contributed by atoms with E-state index in [1.807, 2.05) is 42.6 Å². The van der Waals surface area contributed by atoms with Crippen molar-refractivity contribution in [1.82, 2.24) is 15.1 Å². The molecule has 0 spiro atoms. The van der Waals surface area contributed by atoms with Crippen molar-refractivity contribution in [1.29, 1.82) is 5.26 Å². The molecule has 0 aliphatic rings. The van der Waals surface area contributed by atoms with Crippen LogP contribution in [-0.2, 0) is 11.2 Å². The smallest absolute Gasteiger partial charge is 0.257 e. The molecule has 6 nitrogen and oxygen atoms in total. The first kappa shape index (κ1) is 17.2. The lowest BCUT2D eigenvalue weighted by molar-refractivity contribution is -0.123. The van der Waals surface area contributed by atoms with Gasteiger partial charge in [-0.3, -0.25) is 4.79 Å². The number of hydrogen-bond donors (Lipinski definition) is 1. The maximum atomic E-state index is 11.8. The fourth-order valence-electron chi connectivity index (χ4n) is 2.41. The quantitative estimate of drug-likeness (QED) is 0.713. The van der Waals surface area contributed by atoms with Gasteiger partial charge in [-0.25, -0.2) is 4.68 Å². The Bertz CT molecular complexity index is 879. The van der Waals surface area contributed by atoms with Gasteiger partial charge in [0.1, 0.15) is 5.75 Å². The molecule has 1 heterocycles. The van der Waals surface area contributed by atoms with Gasteiger partial charge >= 0.3 is 0 Å². The highest BCUT2D eigenvalue weighted by Crippen LogP contribution is 2.11. The summed E-state index contributed by atoms with van der Waals surface area (Å²) in [4.78, 5) is 11.8. The number of rotatable bonds is 7. The van der Waals surface area contributed by atoms with Gasteiger partial charge in [0.05, 0.1) is 17.3 Å². The molecule has 0 aliphatic carbocycles. The maximum absolute atomic E-state index is 11.8. The minimum Gasteiger partial charge on any atom is -0.484 e. The first-order chi connectivity index (χ1) is 12.7. The molecule has 3 rings (SSSR count). The van der Waals surface area contributed by atoms with Crippen LogP contribution >= 0.6 is 0 Å². The Morgan fingerprint density at radius 2 is 1.92 bits per heavy atom. The molecule has 0 unspecified atom stereocenters. The highest BCUT2D eigenvalue weighted by molar-refractivity contribution is 5.77. The van der Waals surface area contributed by atoms with Crippen LogP contribution in [0.2, 0.25) is 0 Å². The summed E-state index contributed by atoms with van der Waals surface area (Å²) in [5.41, 5.74) is 2.69. The van der Waals surface area contributed by atoms with E-state index < -0.39 is 0 Å². The van der Waals surface area contributed by atoms with Gasteiger partial charge in [0.25, 0.3) is 5.91 Å². The third kappa shape index (κ3) is 4.71. The van der Waals surface area contributed by atoms with Gasteiger partial charge in [-0.1, -0.05) is 12.1 Å². The number of aromatic nitrogens is 2. The number of nitriles is 1. The zero-order valence-corrected chi connectivity index (χ0v) is 14.1. The van der Waals surface area contributed by atoms with Crippen LogP contribution in [0.15, 0.2) is 67.0 Å². The molecule has 0 radical (unpaired) electrons. The van der Waals surface area contributed by atoms with E-state index in [2.05, 4.69) is 10.4 Å². The lowest BCUT2D eigenvalue weighted by Crippen LogP contribution is -2.30. The number of amides is 1. The molecule has 6 heteroatoms. The molecule has 1 amide bonds. The highest BCUT2D eigenvalue weighted by atomic mass is 16.5. The Kier molecular flexibility index (Phi) is 5.63. The number of hydrogen-bond acceptors (Lipinski definition) is 4. The standard InChI is InChI=1S/C20H18N4O2/c21-14-17-4-8-19(9-5-17)26-15-20(25)22-12-10-16-2-6-18(7-3-16)24-13-1-11-23-24/h1-9,11,13H,10,12,15H2,(H,22,25). The Balaban J connectivity index is 1.40. The first-order valence-corrected chi connectivity index (χ1v) is 8.23. The van der Waals surface area contributed by atoms with Crippen molar-refractivity contribution in [2.24, 2.45) is 0 Å². The highest BCUT2D eigenvalue weighted by Gasteiger charge is 2.03. The minimum atomic E-state index is -0.178. The SMILES string of the molecule is N#Cc1ccc(OCC(=O)NCCc2ccc(-n3cccn3)cc2)cc1. The largest absolute Gasteiger partial charge is 0.484 e. The topological polar surface area (TPSA) is 79.9 Å². The molecule has 1 aromatic heterocycles. The summed E-state index contributed by atoms with van der Waals surface area (Å²) in [6.07, 6.45) is 4.37. The van der Waals surface area contributed by atoms with E-state index in [1.54, 1.807) is 35.1 Å². The zero-order valence-electron chi connectivity index (χ0n) is 14.1. The van der Waals surface area contributed by atoms with Crippen molar-refractivity contribution in [3.63, 3.8) is 0 Å². The van der Waals surface area contributed by atoms with Crippen LogP contribution in [0, 0.1) is 11.3 Å². The van der Waals surface area contributed by atoms with Crippen LogP contribution in [0.4, 0.5) is 0 Å². The molecule has 0 fully saturated rings. The van der Waals surface area contributed by atoms with Crippen molar-refractivity contribution < 1.29 is 9.53 Å². The number of nitrogens with one attached hydrogen (secondary N) is 1. The van der Waals surface area contributed by atoms with Gasteiger partial charge in [0, 0.05) is 18.9 Å². The molecule has 0 aliphatic heterocycles. The monoisotopic (exact) mass is 346 g/mol. The predicted octanol–water partition coefficient (Wildman–Crippen LogP) is 2.48. The number of carbonyl (C=O) groups excluding carboxylic acids is 1. The van der Waals surface area contributed by atoms with Gasteiger partial charge < -0.3 is 10.1 Å². The van der Waals surface area contributed by atoms with E-state index in [9.17, 15) is 4.79 Å². The van der Waals surface area contributed by atoms with Crippen molar-refractivity contribution in [2.45, 2.75) is 6.42 Å². The molecule has 1 N–H and O–H groups in total. The van der Waals surface area contributed by atoms with E-state index in [1.165, 1.54) is 0 Å². The average molecular weight is 346 g/mol. The fourth-order valence-corrected chi connectivity index (χ4v) is 2.41. The van der Waals surface area contributed by atoms with Crippen LogP contribution in [0.5, 0.6) is 5.75 Å². The Labute approximate surface area is 151 Å². The normalized spacial score (nSPS) is 10.1. The Hall–Kier alpha value is -3.59. The molecular formula is C20H18N4O2. The van der Waals surface area contributed by atoms with Gasteiger partial charge in [-0.15, -0.1) is 0 Å². The van der Waals surface area contributed by atoms with E-state index >= 15 is 0 Å². The van der Waals surface area contributed by atoms with E-state index in [0.717, 1.165) is 17.7 Å². The molecule has 26 heavy (non-hydrogen) atoms. The first-order valence-electron chi connectivity index (χ1n) is 8.23. The average Bonchev–Trinajstić information content (AvgIpc) is 3.22. The third-order valence-electron chi connectivity index (χ3n) is 3.79. The molecular weight excluding hydrogens is 328 g/mol.